The Morgan fingerprint density at radius 2 is 2.50 bits per heavy atom. The van der Waals surface area contributed by atoms with Gasteiger partial charge in [0, 0.05) is 25.6 Å². The molecule has 1 atom stereocenters. The van der Waals surface area contributed by atoms with E-state index in [-0.39, 0.29) is 0 Å². The van der Waals surface area contributed by atoms with Gasteiger partial charge in [-0.05, 0) is 13.0 Å². The Morgan fingerprint density at radius 1 is 1.70 bits per heavy atom. The second kappa shape index (κ2) is 3.60. The molecule has 2 N–H and O–H groups in total. The highest BCUT2D eigenvalue weighted by Crippen LogP contribution is 2.06. The lowest BCUT2D eigenvalue weighted by molar-refractivity contribution is 0.343. The van der Waals surface area contributed by atoms with Gasteiger partial charge in [-0.25, -0.2) is 0 Å². The van der Waals surface area contributed by atoms with Crippen LogP contribution in [0.3, 0.4) is 0 Å². The molecular weight excluding hydrogens is 124 g/mol. The van der Waals surface area contributed by atoms with Gasteiger partial charge in [0.1, 0.15) is 0 Å². The minimum absolute atomic E-state index is 0.387. The normalized spacial score (nSPS) is 26.6. The molecule has 0 amide bonds. The number of nitrogens with two attached hydrogens (primary N) is 1. The average Bonchev–Trinajstić information content (AvgIpc) is 2.31. The van der Waals surface area contributed by atoms with Gasteiger partial charge in [0.05, 0.1) is 0 Å². The summed E-state index contributed by atoms with van der Waals surface area (Å²) < 4.78 is 0. The third kappa shape index (κ3) is 2.02. The molecule has 1 aliphatic heterocycles. The SMILES string of the molecule is C#CCCN1CCC(N)C1. The Morgan fingerprint density at radius 3 is 3.00 bits per heavy atom. The van der Waals surface area contributed by atoms with Crippen LogP contribution in [0.1, 0.15) is 12.8 Å². The van der Waals surface area contributed by atoms with Crippen LogP contribution in [-0.2, 0) is 0 Å². The minimum atomic E-state index is 0.387. The standard InChI is InChI=1S/C8H14N2/c1-2-3-5-10-6-4-8(9)7-10/h1,8H,3-7,9H2. The van der Waals surface area contributed by atoms with Crippen LogP contribution < -0.4 is 5.73 Å². The Kier molecular flexibility index (Phi) is 2.73. The van der Waals surface area contributed by atoms with Crippen molar-refractivity contribution in [2.45, 2.75) is 18.9 Å². The summed E-state index contributed by atoms with van der Waals surface area (Å²) in [7, 11) is 0. The summed E-state index contributed by atoms with van der Waals surface area (Å²) in [6.45, 7) is 3.18. The highest BCUT2D eigenvalue weighted by molar-refractivity contribution is 4.87. The van der Waals surface area contributed by atoms with Crippen LogP contribution >= 0.6 is 0 Å². The first-order chi connectivity index (χ1) is 4.83. The molecule has 1 rings (SSSR count). The summed E-state index contributed by atoms with van der Waals surface area (Å²) in [6.07, 6.45) is 7.12. The van der Waals surface area contributed by atoms with Gasteiger partial charge in [0.2, 0.25) is 0 Å². The third-order valence-electron chi connectivity index (χ3n) is 1.88. The quantitative estimate of drug-likeness (QED) is 0.546. The van der Waals surface area contributed by atoms with E-state index in [1.165, 1.54) is 0 Å². The number of hydrogen-bond donors (Lipinski definition) is 1. The molecular formula is C8H14N2. The maximum atomic E-state index is 5.70. The molecule has 0 spiro atoms. The molecule has 2 nitrogen and oxygen atoms in total. The fraction of sp³-hybridized carbons (Fsp3) is 0.750. The molecule has 0 aliphatic carbocycles. The summed E-state index contributed by atoms with van der Waals surface area (Å²) in [4.78, 5) is 2.32. The van der Waals surface area contributed by atoms with E-state index >= 15 is 0 Å². The summed E-state index contributed by atoms with van der Waals surface area (Å²) in [6, 6.07) is 0.387. The monoisotopic (exact) mass is 138 g/mol. The summed E-state index contributed by atoms with van der Waals surface area (Å²) in [5.41, 5.74) is 5.70. The molecule has 1 unspecified atom stereocenters. The van der Waals surface area contributed by atoms with Crippen molar-refractivity contribution in [3.63, 3.8) is 0 Å². The Hall–Kier alpha value is -0.520. The Labute approximate surface area is 62.4 Å². The molecule has 0 aromatic heterocycles. The number of rotatable bonds is 2. The molecule has 56 valence electrons. The maximum Gasteiger partial charge on any atom is 0.0214 e. The third-order valence-corrected chi connectivity index (χ3v) is 1.88. The second-order valence-electron chi connectivity index (χ2n) is 2.80. The smallest absolute Gasteiger partial charge is 0.0214 e. The summed E-state index contributed by atoms with van der Waals surface area (Å²) in [5, 5.41) is 0. The van der Waals surface area contributed by atoms with Crippen molar-refractivity contribution in [2.24, 2.45) is 5.73 Å². The van der Waals surface area contributed by atoms with Crippen LogP contribution in [0.4, 0.5) is 0 Å². The highest BCUT2D eigenvalue weighted by atomic mass is 15.2. The lowest BCUT2D eigenvalue weighted by Gasteiger charge is -2.11. The predicted octanol–water partition coefficient (Wildman–Crippen LogP) is 0.0427. The van der Waals surface area contributed by atoms with Crippen LogP contribution in [0.2, 0.25) is 0 Å². The first kappa shape index (κ1) is 7.59. The van der Waals surface area contributed by atoms with Gasteiger partial charge in [-0.2, -0.15) is 0 Å². The first-order valence-corrected chi connectivity index (χ1v) is 3.74. The van der Waals surface area contributed by atoms with E-state index in [4.69, 9.17) is 12.2 Å². The molecule has 2 heteroatoms. The predicted molar refractivity (Wildman–Crippen MR) is 42.5 cm³/mol. The van der Waals surface area contributed by atoms with Gasteiger partial charge in [0.15, 0.2) is 0 Å². The van der Waals surface area contributed by atoms with Gasteiger partial charge >= 0.3 is 0 Å². The largest absolute Gasteiger partial charge is 0.326 e. The number of likely N-dealkylation sites (tertiary alicyclic amines) is 1. The molecule has 1 saturated heterocycles. The Bertz CT molecular complexity index is 137. The van der Waals surface area contributed by atoms with E-state index in [1.807, 2.05) is 0 Å². The molecule has 0 bridgehead atoms. The van der Waals surface area contributed by atoms with Crippen LogP contribution in [-0.4, -0.2) is 30.6 Å². The van der Waals surface area contributed by atoms with Crippen LogP contribution in [0.15, 0.2) is 0 Å². The van der Waals surface area contributed by atoms with Crippen molar-refractivity contribution in [2.75, 3.05) is 19.6 Å². The zero-order valence-corrected chi connectivity index (χ0v) is 6.21. The van der Waals surface area contributed by atoms with Gasteiger partial charge < -0.3 is 10.6 Å². The molecule has 1 heterocycles. The van der Waals surface area contributed by atoms with Gasteiger partial charge in [0.25, 0.3) is 0 Å². The zero-order chi connectivity index (χ0) is 7.40. The van der Waals surface area contributed by atoms with Crippen LogP contribution in [0.5, 0.6) is 0 Å². The fourth-order valence-electron chi connectivity index (χ4n) is 1.29. The first-order valence-electron chi connectivity index (χ1n) is 3.74. The fourth-order valence-corrected chi connectivity index (χ4v) is 1.29. The van der Waals surface area contributed by atoms with Gasteiger partial charge in [-0.15, -0.1) is 12.3 Å². The van der Waals surface area contributed by atoms with E-state index in [9.17, 15) is 0 Å². The van der Waals surface area contributed by atoms with E-state index in [1.54, 1.807) is 0 Å². The van der Waals surface area contributed by atoms with E-state index in [0.29, 0.717) is 6.04 Å². The molecule has 0 saturated carbocycles. The number of nitrogens with zero attached hydrogens (tertiary/aromatic N) is 1. The lowest BCUT2D eigenvalue weighted by atomic mass is 10.3. The van der Waals surface area contributed by atoms with Gasteiger partial charge in [-0.1, -0.05) is 0 Å². The van der Waals surface area contributed by atoms with Crippen LogP contribution in [0.25, 0.3) is 0 Å². The van der Waals surface area contributed by atoms with Crippen molar-refractivity contribution in [3.05, 3.63) is 0 Å². The number of terminal acetylenes is 1. The molecule has 0 aromatic carbocycles. The molecule has 0 radical (unpaired) electrons. The highest BCUT2D eigenvalue weighted by Gasteiger charge is 2.17. The molecule has 1 aliphatic rings. The lowest BCUT2D eigenvalue weighted by Crippen LogP contribution is -2.27. The zero-order valence-electron chi connectivity index (χ0n) is 6.21. The number of hydrogen-bond acceptors (Lipinski definition) is 2. The van der Waals surface area contributed by atoms with E-state index in [2.05, 4.69) is 10.8 Å². The minimum Gasteiger partial charge on any atom is -0.326 e. The average molecular weight is 138 g/mol. The van der Waals surface area contributed by atoms with E-state index in [0.717, 1.165) is 32.5 Å². The summed E-state index contributed by atoms with van der Waals surface area (Å²) in [5.74, 6) is 2.63. The van der Waals surface area contributed by atoms with Crippen molar-refractivity contribution in [1.82, 2.24) is 4.90 Å². The maximum absolute atomic E-state index is 5.70. The second-order valence-corrected chi connectivity index (χ2v) is 2.80. The van der Waals surface area contributed by atoms with Crippen molar-refractivity contribution >= 4 is 0 Å². The van der Waals surface area contributed by atoms with Crippen molar-refractivity contribution < 1.29 is 0 Å². The van der Waals surface area contributed by atoms with Crippen molar-refractivity contribution in [1.29, 1.82) is 0 Å². The molecule has 1 fully saturated rings. The summed E-state index contributed by atoms with van der Waals surface area (Å²) >= 11 is 0. The topological polar surface area (TPSA) is 29.3 Å². The van der Waals surface area contributed by atoms with Crippen molar-refractivity contribution in [3.8, 4) is 12.3 Å². The van der Waals surface area contributed by atoms with E-state index < -0.39 is 0 Å². The molecule has 0 aromatic rings. The molecule has 10 heavy (non-hydrogen) atoms. The van der Waals surface area contributed by atoms with Crippen LogP contribution in [0, 0.1) is 12.3 Å². The Balaban J connectivity index is 2.14. The van der Waals surface area contributed by atoms with Gasteiger partial charge in [-0.3, -0.25) is 0 Å².